The van der Waals surface area contributed by atoms with Crippen LogP contribution in [-0.2, 0) is 18.9 Å². The average molecular weight is 343 g/mol. The van der Waals surface area contributed by atoms with Crippen molar-refractivity contribution in [3.8, 4) is 6.07 Å². The molecule has 2 aromatic rings. The van der Waals surface area contributed by atoms with Crippen molar-refractivity contribution in [1.82, 2.24) is 14.8 Å². The molecule has 0 saturated heterocycles. The Morgan fingerprint density at radius 2 is 2.29 bits per heavy atom. The second-order valence-electron chi connectivity index (χ2n) is 6.18. The van der Waals surface area contributed by atoms with E-state index in [-0.39, 0.29) is 11.3 Å². The quantitative estimate of drug-likeness (QED) is 0.740. The zero-order valence-electron chi connectivity index (χ0n) is 13.1. The third-order valence-electron chi connectivity index (χ3n) is 4.62. The number of nitrogens with one attached hydrogen (secondary N) is 1. The normalized spacial score (nSPS) is 22.5. The highest BCUT2D eigenvalue weighted by Crippen LogP contribution is 2.50. The Morgan fingerprint density at radius 3 is 2.88 bits per heavy atom. The van der Waals surface area contributed by atoms with Crippen LogP contribution >= 0.6 is 12.6 Å². The Labute approximate surface area is 144 Å². The molecule has 0 spiro atoms. The van der Waals surface area contributed by atoms with Gasteiger partial charge in [0.2, 0.25) is 0 Å². The predicted molar refractivity (Wildman–Crippen MR) is 90.1 cm³/mol. The van der Waals surface area contributed by atoms with Crippen LogP contribution in [0.15, 0.2) is 29.4 Å². The standard InChI is InChI=1S/C16H17N5O2S/c1-21-13(19-20-14(21)24)8-16(6-10(7-16)9-17)11-3-2-4-12(5-11)18-15(22)23/h2-5,10,18H,6-8H2,1H3,(H,20,24)(H,22,23). The molecular formula is C16H17N5O2S. The number of hydrogen-bond donors (Lipinski definition) is 3. The zero-order chi connectivity index (χ0) is 17.3. The number of carboxylic acid groups (broad SMARTS) is 1. The van der Waals surface area contributed by atoms with Crippen LogP contribution in [0.2, 0.25) is 0 Å². The summed E-state index contributed by atoms with van der Waals surface area (Å²) >= 11 is 4.25. The van der Waals surface area contributed by atoms with E-state index in [2.05, 4.69) is 34.2 Å². The predicted octanol–water partition coefficient (Wildman–Crippen LogP) is 2.61. The highest BCUT2D eigenvalue weighted by atomic mass is 32.1. The number of thiol groups is 1. The Balaban J connectivity index is 1.94. The largest absolute Gasteiger partial charge is 0.465 e. The van der Waals surface area contributed by atoms with E-state index in [9.17, 15) is 10.1 Å². The lowest BCUT2D eigenvalue weighted by atomic mass is 9.57. The summed E-state index contributed by atoms with van der Waals surface area (Å²) < 4.78 is 1.82. The maximum absolute atomic E-state index is 10.9. The van der Waals surface area contributed by atoms with E-state index in [0.717, 1.165) is 24.2 Å². The summed E-state index contributed by atoms with van der Waals surface area (Å²) in [5, 5.41) is 29.1. The van der Waals surface area contributed by atoms with Gasteiger partial charge in [-0.1, -0.05) is 12.1 Å². The number of benzene rings is 1. The molecule has 1 aliphatic carbocycles. The van der Waals surface area contributed by atoms with Gasteiger partial charge in [0.1, 0.15) is 5.82 Å². The fourth-order valence-corrected chi connectivity index (χ4v) is 3.48. The summed E-state index contributed by atoms with van der Waals surface area (Å²) in [6, 6.07) is 9.64. The minimum absolute atomic E-state index is 0.00443. The number of nitrogens with zero attached hydrogens (tertiary/aromatic N) is 4. The molecule has 24 heavy (non-hydrogen) atoms. The topological polar surface area (TPSA) is 104 Å². The van der Waals surface area contributed by atoms with Gasteiger partial charge in [0, 0.05) is 30.5 Å². The van der Waals surface area contributed by atoms with Crippen molar-refractivity contribution >= 4 is 24.4 Å². The summed E-state index contributed by atoms with van der Waals surface area (Å²) in [6.07, 6.45) is 0.965. The van der Waals surface area contributed by atoms with Gasteiger partial charge in [-0.25, -0.2) is 4.79 Å². The van der Waals surface area contributed by atoms with Gasteiger partial charge in [0.05, 0.1) is 6.07 Å². The highest BCUT2D eigenvalue weighted by molar-refractivity contribution is 7.80. The van der Waals surface area contributed by atoms with E-state index in [4.69, 9.17) is 5.11 Å². The molecule has 124 valence electrons. The second-order valence-corrected chi connectivity index (χ2v) is 6.58. The molecule has 8 heteroatoms. The zero-order valence-corrected chi connectivity index (χ0v) is 14.0. The van der Waals surface area contributed by atoms with Crippen molar-refractivity contribution in [2.24, 2.45) is 13.0 Å². The lowest BCUT2D eigenvalue weighted by Gasteiger charge is -2.45. The first kappa shape index (κ1) is 16.3. The molecule has 7 nitrogen and oxygen atoms in total. The van der Waals surface area contributed by atoms with E-state index >= 15 is 0 Å². The minimum atomic E-state index is -1.10. The SMILES string of the molecule is Cn1c(S)nnc1CC1(c2cccc(NC(=O)O)c2)CC(C#N)C1. The molecule has 1 fully saturated rings. The number of nitriles is 1. The van der Waals surface area contributed by atoms with E-state index in [1.165, 1.54) is 0 Å². The smallest absolute Gasteiger partial charge is 0.409 e. The van der Waals surface area contributed by atoms with E-state index in [0.29, 0.717) is 17.3 Å². The van der Waals surface area contributed by atoms with Gasteiger partial charge in [0.25, 0.3) is 0 Å². The number of carbonyl (C=O) groups is 1. The van der Waals surface area contributed by atoms with Crippen molar-refractivity contribution in [3.63, 3.8) is 0 Å². The Bertz CT molecular complexity index is 820. The average Bonchev–Trinajstić information content (AvgIpc) is 2.81. The third-order valence-corrected chi connectivity index (χ3v) is 5.01. The molecule has 0 radical (unpaired) electrons. The molecule has 0 aliphatic heterocycles. The van der Waals surface area contributed by atoms with Crippen LogP contribution in [0.25, 0.3) is 0 Å². The summed E-state index contributed by atoms with van der Waals surface area (Å²) in [7, 11) is 1.86. The summed E-state index contributed by atoms with van der Waals surface area (Å²) in [5.41, 5.74) is 1.29. The molecule has 0 atom stereocenters. The number of hydrogen-bond acceptors (Lipinski definition) is 5. The first-order valence-corrected chi connectivity index (χ1v) is 7.95. The Kier molecular flexibility index (Phi) is 4.20. The molecule has 0 bridgehead atoms. The number of anilines is 1. The number of amides is 1. The maximum atomic E-state index is 10.9. The van der Waals surface area contributed by atoms with Gasteiger partial charge < -0.3 is 9.67 Å². The molecule has 0 unspecified atom stereocenters. The highest BCUT2D eigenvalue weighted by Gasteiger charge is 2.46. The van der Waals surface area contributed by atoms with Gasteiger partial charge in [-0.3, -0.25) is 5.32 Å². The molecular weight excluding hydrogens is 326 g/mol. The van der Waals surface area contributed by atoms with Crippen LogP contribution in [0.3, 0.4) is 0 Å². The summed E-state index contributed by atoms with van der Waals surface area (Å²) in [6.45, 7) is 0. The summed E-state index contributed by atoms with van der Waals surface area (Å²) in [5.74, 6) is 0.803. The fourth-order valence-electron chi connectivity index (χ4n) is 3.32. The minimum Gasteiger partial charge on any atom is -0.465 e. The van der Waals surface area contributed by atoms with Gasteiger partial charge in [-0.05, 0) is 30.5 Å². The van der Waals surface area contributed by atoms with E-state index in [1.807, 2.05) is 29.8 Å². The molecule has 1 heterocycles. The van der Waals surface area contributed by atoms with Crippen molar-refractivity contribution in [2.45, 2.75) is 29.8 Å². The lowest BCUT2D eigenvalue weighted by molar-refractivity contribution is 0.179. The van der Waals surface area contributed by atoms with Crippen molar-refractivity contribution < 1.29 is 9.90 Å². The van der Waals surface area contributed by atoms with E-state index in [1.54, 1.807) is 6.07 Å². The van der Waals surface area contributed by atoms with Crippen LogP contribution in [0.1, 0.15) is 24.2 Å². The second kappa shape index (κ2) is 6.17. The first-order valence-electron chi connectivity index (χ1n) is 7.51. The van der Waals surface area contributed by atoms with Gasteiger partial charge >= 0.3 is 6.09 Å². The monoisotopic (exact) mass is 343 g/mol. The van der Waals surface area contributed by atoms with Crippen LogP contribution in [0.5, 0.6) is 0 Å². The molecule has 1 aromatic heterocycles. The van der Waals surface area contributed by atoms with Crippen LogP contribution in [-0.4, -0.2) is 26.0 Å². The van der Waals surface area contributed by atoms with Crippen LogP contribution in [0.4, 0.5) is 10.5 Å². The number of aromatic nitrogens is 3. The molecule has 3 rings (SSSR count). The van der Waals surface area contributed by atoms with Crippen LogP contribution in [0, 0.1) is 17.2 Å². The molecule has 1 amide bonds. The Hall–Kier alpha value is -2.53. The van der Waals surface area contributed by atoms with Crippen molar-refractivity contribution in [1.29, 1.82) is 5.26 Å². The van der Waals surface area contributed by atoms with Crippen LogP contribution < -0.4 is 5.32 Å². The van der Waals surface area contributed by atoms with Gasteiger partial charge in [-0.2, -0.15) is 5.26 Å². The lowest BCUT2D eigenvalue weighted by Crippen LogP contribution is -2.43. The molecule has 2 N–H and O–H groups in total. The van der Waals surface area contributed by atoms with E-state index < -0.39 is 6.09 Å². The van der Waals surface area contributed by atoms with Crippen molar-refractivity contribution in [2.75, 3.05) is 5.32 Å². The molecule has 1 saturated carbocycles. The van der Waals surface area contributed by atoms with Crippen molar-refractivity contribution in [3.05, 3.63) is 35.7 Å². The Morgan fingerprint density at radius 1 is 1.54 bits per heavy atom. The molecule has 1 aromatic carbocycles. The van der Waals surface area contributed by atoms with Gasteiger partial charge in [0.15, 0.2) is 5.16 Å². The summed E-state index contributed by atoms with van der Waals surface area (Å²) in [4.78, 5) is 10.9. The third kappa shape index (κ3) is 2.95. The number of rotatable bonds is 4. The van der Waals surface area contributed by atoms with Gasteiger partial charge in [-0.15, -0.1) is 22.8 Å². The maximum Gasteiger partial charge on any atom is 0.409 e. The first-order chi connectivity index (χ1) is 11.4. The molecule has 1 aliphatic rings. The fraction of sp³-hybridized carbons (Fsp3) is 0.375.